The maximum absolute atomic E-state index is 14.5. The number of rotatable bonds is 5. The van der Waals surface area contributed by atoms with E-state index in [1.54, 1.807) is 11.0 Å². The molecule has 4 heterocycles. The SMILES string of the molecule is COc1cc(C(F)(F)/C=C/C(=O)N2CC3CCC(C2)N3c2ccc(C#N)cn2)ccn1. The number of alkyl halides is 2. The maximum Gasteiger partial charge on any atom is 0.292 e. The van der Waals surface area contributed by atoms with Gasteiger partial charge in [0, 0.05) is 55.3 Å². The van der Waals surface area contributed by atoms with E-state index in [2.05, 4.69) is 14.9 Å². The second-order valence-corrected chi connectivity index (χ2v) is 7.60. The molecule has 2 aromatic rings. The summed E-state index contributed by atoms with van der Waals surface area (Å²) in [6.45, 7) is 0.881. The highest BCUT2D eigenvalue weighted by Crippen LogP contribution is 2.35. The summed E-state index contributed by atoms with van der Waals surface area (Å²) >= 11 is 0. The monoisotopic (exact) mass is 425 g/mol. The van der Waals surface area contributed by atoms with Gasteiger partial charge in [-0.1, -0.05) is 0 Å². The molecule has 31 heavy (non-hydrogen) atoms. The van der Waals surface area contributed by atoms with Crippen LogP contribution in [0.1, 0.15) is 24.0 Å². The summed E-state index contributed by atoms with van der Waals surface area (Å²) in [7, 11) is 1.35. The molecular weight excluding hydrogens is 404 g/mol. The van der Waals surface area contributed by atoms with Gasteiger partial charge in [0.15, 0.2) is 0 Å². The van der Waals surface area contributed by atoms with E-state index in [-0.39, 0.29) is 23.5 Å². The largest absolute Gasteiger partial charge is 0.481 e. The number of likely N-dealkylation sites (tertiary alicyclic amines) is 1. The lowest BCUT2D eigenvalue weighted by molar-refractivity contribution is -0.127. The highest BCUT2D eigenvalue weighted by molar-refractivity contribution is 5.88. The molecule has 2 atom stereocenters. The average molecular weight is 425 g/mol. The minimum absolute atomic E-state index is 0.0708. The number of hydrogen-bond acceptors (Lipinski definition) is 6. The summed E-state index contributed by atoms with van der Waals surface area (Å²) in [5, 5.41) is 8.94. The third-order valence-corrected chi connectivity index (χ3v) is 5.70. The first-order chi connectivity index (χ1) is 14.9. The van der Waals surface area contributed by atoms with E-state index in [4.69, 9.17) is 10.00 Å². The number of nitriles is 1. The van der Waals surface area contributed by atoms with Crippen molar-refractivity contribution in [1.29, 1.82) is 5.26 Å². The third kappa shape index (κ3) is 4.19. The van der Waals surface area contributed by atoms with E-state index in [0.717, 1.165) is 30.8 Å². The van der Waals surface area contributed by atoms with Gasteiger partial charge in [0.1, 0.15) is 11.9 Å². The zero-order chi connectivity index (χ0) is 22.0. The number of ether oxygens (including phenoxy) is 1. The number of piperazine rings is 1. The minimum Gasteiger partial charge on any atom is -0.481 e. The normalized spacial score (nSPS) is 20.7. The molecule has 0 aromatic carbocycles. The van der Waals surface area contributed by atoms with Crippen LogP contribution in [0, 0.1) is 11.3 Å². The van der Waals surface area contributed by atoms with Gasteiger partial charge >= 0.3 is 0 Å². The van der Waals surface area contributed by atoms with Crippen molar-refractivity contribution in [3.8, 4) is 11.9 Å². The first-order valence-electron chi connectivity index (χ1n) is 9.92. The molecule has 160 valence electrons. The smallest absolute Gasteiger partial charge is 0.292 e. The van der Waals surface area contributed by atoms with Crippen molar-refractivity contribution in [2.75, 3.05) is 25.1 Å². The molecular formula is C22H21F2N5O2. The Bertz CT molecular complexity index is 1020. The Morgan fingerprint density at radius 3 is 2.61 bits per heavy atom. The number of halogens is 2. The highest BCUT2D eigenvalue weighted by atomic mass is 19.3. The average Bonchev–Trinajstić information content (AvgIpc) is 3.06. The van der Waals surface area contributed by atoms with Gasteiger partial charge in [0.25, 0.3) is 5.92 Å². The van der Waals surface area contributed by atoms with Gasteiger partial charge in [-0.3, -0.25) is 4.79 Å². The second kappa shape index (κ2) is 8.30. The van der Waals surface area contributed by atoms with Gasteiger partial charge in [-0.15, -0.1) is 0 Å². The molecule has 0 spiro atoms. The summed E-state index contributed by atoms with van der Waals surface area (Å²) in [6, 6.07) is 8.07. The quantitative estimate of drug-likeness (QED) is 0.685. The molecule has 7 nitrogen and oxygen atoms in total. The van der Waals surface area contributed by atoms with E-state index in [0.29, 0.717) is 24.7 Å². The van der Waals surface area contributed by atoms with Crippen molar-refractivity contribution in [3.63, 3.8) is 0 Å². The molecule has 9 heteroatoms. The summed E-state index contributed by atoms with van der Waals surface area (Å²) in [5.41, 5.74) is 0.197. The van der Waals surface area contributed by atoms with Crippen LogP contribution in [-0.2, 0) is 10.7 Å². The molecule has 0 aliphatic carbocycles. The maximum atomic E-state index is 14.5. The Balaban J connectivity index is 1.44. The Labute approximate surface area is 178 Å². The zero-order valence-electron chi connectivity index (χ0n) is 16.9. The van der Waals surface area contributed by atoms with Gasteiger partial charge < -0.3 is 14.5 Å². The lowest BCUT2D eigenvalue weighted by atomic mass is 10.1. The van der Waals surface area contributed by atoms with Crippen LogP contribution in [0.4, 0.5) is 14.6 Å². The molecule has 2 aromatic heterocycles. The Hall–Kier alpha value is -3.54. The number of carbonyl (C=O) groups is 1. The van der Waals surface area contributed by atoms with Crippen LogP contribution in [0.25, 0.3) is 0 Å². The van der Waals surface area contributed by atoms with Crippen molar-refractivity contribution >= 4 is 11.7 Å². The number of carbonyl (C=O) groups excluding carboxylic acids is 1. The van der Waals surface area contributed by atoms with Crippen LogP contribution in [0.3, 0.4) is 0 Å². The van der Waals surface area contributed by atoms with Crippen LogP contribution in [0.2, 0.25) is 0 Å². The molecule has 0 radical (unpaired) electrons. The van der Waals surface area contributed by atoms with Crippen molar-refractivity contribution in [2.24, 2.45) is 0 Å². The van der Waals surface area contributed by atoms with E-state index in [1.165, 1.54) is 25.6 Å². The minimum atomic E-state index is -3.32. The molecule has 0 N–H and O–H groups in total. The van der Waals surface area contributed by atoms with Gasteiger partial charge in [0.05, 0.1) is 12.7 Å². The Kier molecular flexibility index (Phi) is 5.55. The number of pyridine rings is 2. The van der Waals surface area contributed by atoms with Crippen LogP contribution in [-0.4, -0.2) is 53.1 Å². The lowest BCUT2D eigenvalue weighted by Crippen LogP contribution is -2.55. The fraction of sp³-hybridized carbons (Fsp3) is 0.364. The predicted molar refractivity (Wildman–Crippen MR) is 109 cm³/mol. The van der Waals surface area contributed by atoms with E-state index in [9.17, 15) is 13.6 Å². The number of allylic oxidation sites excluding steroid dienone is 1. The lowest BCUT2D eigenvalue weighted by Gasteiger charge is -2.41. The number of aromatic nitrogens is 2. The van der Waals surface area contributed by atoms with Crippen molar-refractivity contribution < 1.29 is 18.3 Å². The summed E-state index contributed by atoms with van der Waals surface area (Å²) < 4.78 is 34.0. The number of anilines is 1. The molecule has 0 saturated carbocycles. The molecule has 2 saturated heterocycles. The Morgan fingerprint density at radius 1 is 1.26 bits per heavy atom. The van der Waals surface area contributed by atoms with Gasteiger partial charge in [-0.2, -0.15) is 14.0 Å². The number of nitrogens with zero attached hydrogens (tertiary/aromatic N) is 5. The molecule has 2 aliphatic heterocycles. The molecule has 2 bridgehead atoms. The van der Waals surface area contributed by atoms with Crippen LogP contribution in [0.15, 0.2) is 48.8 Å². The number of hydrogen-bond donors (Lipinski definition) is 0. The number of amides is 1. The fourth-order valence-electron chi connectivity index (χ4n) is 4.17. The first kappa shape index (κ1) is 20.7. The number of methoxy groups -OCH3 is 1. The fourth-order valence-corrected chi connectivity index (χ4v) is 4.17. The predicted octanol–water partition coefficient (Wildman–Crippen LogP) is 2.88. The first-order valence-corrected chi connectivity index (χ1v) is 9.92. The van der Waals surface area contributed by atoms with Crippen molar-refractivity contribution in [3.05, 3.63) is 59.9 Å². The van der Waals surface area contributed by atoms with Crippen molar-refractivity contribution in [1.82, 2.24) is 14.9 Å². The number of fused-ring (bicyclic) bond motifs is 2. The summed E-state index contributed by atoms with van der Waals surface area (Å²) in [4.78, 5) is 24.6. The van der Waals surface area contributed by atoms with Crippen molar-refractivity contribution in [2.45, 2.75) is 30.8 Å². The van der Waals surface area contributed by atoms with Crippen LogP contribution in [0.5, 0.6) is 5.88 Å². The molecule has 1 amide bonds. The standard InChI is InChI=1S/C22H21F2N5O2/c1-31-20-10-16(7-9-26-20)22(23,24)8-6-21(30)28-13-17-3-4-18(14-28)29(17)19-5-2-15(11-25)12-27-19/h2,5-10,12,17-18H,3-4,13-14H2,1H3/b8-6+. The summed E-state index contributed by atoms with van der Waals surface area (Å²) in [6.07, 6.45) is 6.14. The van der Waals surface area contributed by atoms with Gasteiger partial charge in [-0.25, -0.2) is 9.97 Å². The Morgan fingerprint density at radius 2 is 2.00 bits per heavy atom. The topological polar surface area (TPSA) is 82.4 Å². The van der Waals surface area contributed by atoms with Gasteiger partial charge in [-0.05, 0) is 37.1 Å². The molecule has 2 aliphatic rings. The van der Waals surface area contributed by atoms with Gasteiger partial charge in [0.2, 0.25) is 11.8 Å². The molecule has 2 fully saturated rings. The van der Waals surface area contributed by atoms with E-state index in [1.807, 2.05) is 12.1 Å². The van der Waals surface area contributed by atoms with E-state index >= 15 is 0 Å². The van der Waals surface area contributed by atoms with Crippen LogP contribution >= 0.6 is 0 Å². The van der Waals surface area contributed by atoms with E-state index < -0.39 is 11.8 Å². The molecule has 4 rings (SSSR count). The second-order valence-electron chi connectivity index (χ2n) is 7.60. The zero-order valence-corrected chi connectivity index (χ0v) is 16.9. The highest BCUT2D eigenvalue weighted by Gasteiger charge is 2.41. The van der Waals surface area contributed by atoms with Crippen LogP contribution < -0.4 is 9.64 Å². The molecule has 2 unspecified atom stereocenters. The third-order valence-electron chi connectivity index (χ3n) is 5.70. The summed E-state index contributed by atoms with van der Waals surface area (Å²) in [5.74, 6) is -2.91.